The Morgan fingerprint density at radius 2 is 1.31 bits per heavy atom. The molecule has 2 unspecified atom stereocenters. The van der Waals surface area contributed by atoms with E-state index in [1.54, 1.807) is 20.8 Å². The fourth-order valence-electron chi connectivity index (χ4n) is 1.41. The molecule has 0 fully saturated rings. The number of rotatable bonds is 6. The molecule has 0 aliphatic heterocycles. The number of aldehydes is 1. The second kappa shape index (κ2) is 24.6. The third-order valence-corrected chi connectivity index (χ3v) is 2.99. The maximum atomic E-state index is 11.2. The van der Waals surface area contributed by atoms with Gasteiger partial charge in [-0.2, -0.15) is 0 Å². The number of ketones is 1. The van der Waals surface area contributed by atoms with Crippen molar-refractivity contribution in [1.82, 2.24) is 5.32 Å². The summed E-state index contributed by atoms with van der Waals surface area (Å²) in [5.74, 6) is 0.502. The number of nitrogens with two attached hydrogens (primary N) is 1. The third-order valence-electron chi connectivity index (χ3n) is 2.99. The van der Waals surface area contributed by atoms with Crippen LogP contribution in [0.15, 0.2) is 0 Å². The highest BCUT2D eigenvalue weighted by atomic mass is 16.6. The minimum absolute atomic E-state index is 0.0695. The molecule has 0 saturated heterocycles. The lowest BCUT2D eigenvalue weighted by Crippen LogP contribution is -2.42. The molecule has 0 spiro atoms. The lowest BCUT2D eigenvalue weighted by molar-refractivity contribution is -0.120. The van der Waals surface area contributed by atoms with Gasteiger partial charge in [-0.15, -0.1) is 0 Å². The van der Waals surface area contributed by atoms with Gasteiger partial charge in [0.15, 0.2) is 0 Å². The van der Waals surface area contributed by atoms with Crippen LogP contribution in [0, 0.1) is 11.8 Å². The average Bonchev–Trinajstić information content (AvgIpc) is 2.68. The van der Waals surface area contributed by atoms with Crippen molar-refractivity contribution < 1.29 is 19.1 Å². The van der Waals surface area contributed by atoms with Crippen LogP contribution in [-0.2, 0) is 14.3 Å². The summed E-state index contributed by atoms with van der Waals surface area (Å²) in [6, 6.07) is -0.736. The summed E-state index contributed by atoms with van der Waals surface area (Å²) < 4.78 is 5.01. The molecule has 178 valence electrons. The quantitative estimate of drug-likeness (QED) is 0.532. The van der Waals surface area contributed by atoms with Crippen molar-refractivity contribution >= 4 is 18.2 Å². The molecule has 1 amide bonds. The second-order valence-corrected chi connectivity index (χ2v) is 7.14. The molecule has 0 radical (unpaired) electrons. The lowest BCUT2D eigenvalue weighted by atomic mass is 10.00. The van der Waals surface area contributed by atoms with Gasteiger partial charge in [-0.25, -0.2) is 4.79 Å². The standard InChI is InChI=1S/C10H19NO3.C7H15NO.3C2H6/c1-7(2)8(6-12)11-9(13)14-10(3,4)5;1-4-6(9)7(8)5(2)3;3*1-2/h6-8H,1-5H3,(H,11,13);5,7H,4,8H2,1-3H3;3*1-2H3. The predicted octanol–water partition coefficient (Wildman–Crippen LogP) is 5.76. The molecule has 3 N–H and O–H groups in total. The van der Waals surface area contributed by atoms with Gasteiger partial charge in [-0.05, 0) is 32.6 Å². The van der Waals surface area contributed by atoms with E-state index in [9.17, 15) is 14.4 Å². The molecule has 0 aromatic heterocycles. The Hall–Kier alpha value is -1.43. The summed E-state index contributed by atoms with van der Waals surface area (Å²) >= 11 is 0. The van der Waals surface area contributed by atoms with Crippen molar-refractivity contribution in [2.45, 2.75) is 121 Å². The highest BCUT2D eigenvalue weighted by molar-refractivity contribution is 5.83. The number of Topliss-reactive ketones (excluding diaryl/α,β-unsaturated/α-hetero) is 1. The van der Waals surface area contributed by atoms with Crippen LogP contribution in [0.1, 0.15) is 103 Å². The SMILES string of the molecule is CC.CC.CC.CC(C)C(C=O)NC(=O)OC(C)(C)C.CCC(=O)C(N)C(C)C. The van der Waals surface area contributed by atoms with E-state index in [1.807, 2.05) is 76.2 Å². The fraction of sp³-hybridized carbons (Fsp3) is 0.870. The van der Waals surface area contributed by atoms with E-state index in [1.165, 1.54) is 0 Å². The van der Waals surface area contributed by atoms with Crippen molar-refractivity contribution in [3.05, 3.63) is 0 Å². The van der Waals surface area contributed by atoms with E-state index >= 15 is 0 Å². The van der Waals surface area contributed by atoms with Gasteiger partial charge in [0.2, 0.25) is 0 Å². The first-order valence-corrected chi connectivity index (χ1v) is 11.1. The molecule has 0 aromatic rings. The number of nitrogens with one attached hydrogen (secondary N) is 1. The Bertz CT molecular complexity index is 376. The van der Waals surface area contributed by atoms with Crippen molar-refractivity contribution in [1.29, 1.82) is 0 Å². The molecule has 0 bridgehead atoms. The van der Waals surface area contributed by atoms with E-state index in [-0.39, 0.29) is 23.7 Å². The molecule has 0 aliphatic rings. The van der Waals surface area contributed by atoms with Crippen LogP contribution in [0.5, 0.6) is 0 Å². The van der Waals surface area contributed by atoms with Gasteiger partial charge in [0.25, 0.3) is 0 Å². The van der Waals surface area contributed by atoms with Crippen molar-refractivity contribution in [3.8, 4) is 0 Å². The van der Waals surface area contributed by atoms with E-state index in [2.05, 4.69) is 5.32 Å². The first-order chi connectivity index (χ1) is 13.4. The maximum Gasteiger partial charge on any atom is 0.408 e. The molecule has 29 heavy (non-hydrogen) atoms. The second-order valence-electron chi connectivity index (χ2n) is 7.14. The van der Waals surface area contributed by atoms with Gasteiger partial charge in [0.1, 0.15) is 17.7 Å². The van der Waals surface area contributed by atoms with E-state index in [0.717, 1.165) is 0 Å². The van der Waals surface area contributed by atoms with Crippen LogP contribution < -0.4 is 11.1 Å². The van der Waals surface area contributed by atoms with Gasteiger partial charge in [0.05, 0.1) is 12.1 Å². The topological polar surface area (TPSA) is 98.5 Å². The number of carbonyl (C=O) groups is 3. The average molecular weight is 421 g/mol. The Labute approximate surface area is 181 Å². The van der Waals surface area contributed by atoms with Crippen LogP contribution in [-0.4, -0.2) is 35.8 Å². The van der Waals surface area contributed by atoms with E-state index in [4.69, 9.17) is 10.5 Å². The number of hydrogen-bond acceptors (Lipinski definition) is 5. The molecule has 0 aliphatic carbocycles. The first kappa shape index (κ1) is 38.2. The van der Waals surface area contributed by atoms with Crippen LogP contribution in [0.25, 0.3) is 0 Å². The summed E-state index contributed by atoms with van der Waals surface area (Å²) in [5.41, 5.74) is 4.99. The normalized spacial score (nSPS) is 11.5. The first-order valence-electron chi connectivity index (χ1n) is 11.1. The number of alkyl carbamates (subject to hydrolysis) is 1. The largest absolute Gasteiger partial charge is 0.444 e. The van der Waals surface area contributed by atoms with E-state index in [0.29, 0.717) is 12.7 Å². The summed E-state index contributed by atoms with van der Waals surface area (Å²) in [4.78, 5) is 32.6. The Balaban J connectivity index is -0.000000110. The molecule has 0 rings (SSSR count). The molecule has 0 aromatic carbocycles. The third kappa shape index (κ3) is 28.9. The monoisotopic (exact) mass is 420 g/mol. The molecular weight excluding hydrogens is 368 g/mol. The number of hydrogen-bond donors (Lipinski definition) is 2. The van der Waals surface area contributed by atoms with Crippen LogP contribution >= 0.6 is 0 Å². The zero-order chi connectivity index (χ0) is 24.8. The highest BCUT2D eigenvalue weighted by Crippen LogP contribution is 2.07. The zero-order valence-corrected chi connectivity index (χ0v) is 21.8. The molecule has 0 saturated carbocycles. The Morgan fingerprint density at radius 3 is 1.48 bits per heavy atom. The maximum absolute atomic E-state index is 11.2. The molecular formula is C23H52N2O4. The summed E-state index contributed by atoms with van der Waals surface area (Å²) in [5, 5.41) is 2.49. The molecule has 0 heterocycles. The van der Waals surface area contributed by atoms with Crippen molar-refractivity contribution in [2.75, 3.05) is 0 Å². The van der Waals surface area contributed by atoms with Crippen LogP contribution in [0.3, 0.4) is 0 Å². The Morgan fingerprint density at radius 1 is 0.931 bits per heavy atom. The molecule has 6 heteroatoms. The van der Waals surface area contributed by atoms with E-state index < -0.39 is 17.7 Å². The minimum Gasteiger partial charge on any atom is -0.444 e. The smallest absolute Gasteiger partial charge is 0.408 e. The minimum atomic E-state index is -0.553. The predicted molar refractivity (Wildman–Crippen MR) is 126 cm³/mol. The Kier molecular flexibility index (Phi) is 32.4. The summed E-state index contributed by atoms with van der Waals surface area (Å²) in [6.45, 7) is 26.8. The summed E-state index contributed by atoms with van der Waals surface area (Å²) in [6.07, 6.45) is 0.719. The highest BCUT2D eigenvalue weighted by Gasteiger charge is 2.20. The number of ether oxygens (including phenoxy) is 1. The fourth-order valence-corrected chi connectivity index (χ4v) is 1.41. The van der Waals surface area contributed by atoms with Crippen LogP contribution in [0.2, 0.25) is 0 Å². The molecule has 6 nitrogen and oxygen atoms in total. The lowest BCUT2D eigenvalue weighted by Gasteiger charge is -2.22. The number of carbonyl (C=O) groups excluding carboxylic acids is 3. The van der Waals surface area contributed by atoms with Crippen LogP contribution in [0.4, 0.5) is 4.79 Å². The summed E-state index contributed by atoms with van der Waals surface area (Å²) in [7, 11) is 0. The van der Waals surface area contributed by atoms with Crippen molar-refractivity contribution in [3.63, 3.8) is 0 Å². The van der Waals surface area contributed by atoms with Gasteiger partial charge in [-0.3, -0.25) is 4.79 Å². The number of amides is 1. The van der Waals surface area contributed by atoms with Gasteiger partial charge >= 0.3 is 6.09 Å². The van der Waals surface area contributed by atoms with Gasteiger partial charge in [0, 0.05) is 6.42 Å². The van der Waals surface area contributed by atoms with Gasteiger partial charge < -0.3 is 20.6 Å². The van der Waals surface area contributed by atoms with Crippen molar-refractivity contribution in [2.24, 2.45) is 17.6 Å². The zero-order valence-electron chi connectivity index (χ0n) is 21.8. The molecule has 2 atom stereocenters. The van der Waals surface area contributed by atoms with Gasteiger partial charge in [-0.1, -0.05) is 76.2 Å².